The highest BCUT2D eigenvalue weighted by Crippen LogP contribution is 2.23. The van der Waals surface area contributed by atoms with Crippen LogP contribution < -0.4 is 10.9 Å². The fourth-order valence-electron chi connectivity index (χ4n) is 3.89. The summed E-state index contributed by atoms with van der Waals surface area (Å²) in [5.74, 6) is -2.18. The summed E-state index contributed by atoms with van der Waals surface area (Å²) in [4.78, 5) is 0. The topological polar surface area (TPSA) is 98.8 Å². The number of benzene rings is 1. The minimum atomic E-state index is -3.93. The van der Waals surface area contributed by atoms with Crippen molar-refractivity contribution in [3.8, 4) is 0 Å². The van der Waals surface area contributed by atoms with E-state index in [0.717, 1.165) is 22.5 Å². The van der Waals surface area contributed by atoms with Gasteiger partial charge in [-0.2, -0.15) is 0 Å². The molecule has 3 rings (SSSR count). The van der Waals surface area contributed by atoms with E-state index in [0.29, 0.717) is 6.42 Å². The van der Waals surface area contributed by atoms with Gasteiger partial charge in [-0.1, -0.05) is 0 Å². The molecule has 0 bridgehead atoms. The molecular weight excluding hydrogens is 426 g/mol. The molecule has 1 aromatic carbocycles. The molecule has 2 unspecified atom stereocenters. The van der Waals surface area contributed by atoms with E-state index in [1.165, 1.54) is 4.31 Å². The van der Waals surface area contributed by atoms with Crippen LogP contribution in [0.25, 0.3) is 0 Å². The van der Waals surface area contributed by atoms with Gasteiger partial charge in [0.1, 0.15) is 16.9 Å². The van der Waals surface area contributed by atoms with E-state index in [9.17, 15) is 25.6 Å². The highest BCUT2D eigenvalue weighted by atomic mass is 32.2. The van der Waals surface area contributed by atoms with Crippen LogP contribution in [0.1, 0.15) is 25.8 Å². The zero-order chi connectivity index (χ0) is 21.4. The third kappa shape index (κ3) is 4.78. The van der Waals surface area contributed by atoms with Crippen molar-refractivity contribution in [2.75, 3.05) is 26.2 Å². The first-order chi connectivity index (χ1) is 13.5. The highest BCUT2D eigenvalue weighted by molar-refractivity contribution is 7.90. The molecule has 29 heavy (non-hydrogen) atoms. The lowest BCUT2D eigenvalue weighted by Gasteiger charge is -2.27. The van der Waals surface area contributed by atoms with Crippen LogP contribution in [0.3, 0.4) is 0 Å². The fourth-order valence-corrected chi connectivity index (χ4v) is 7.69. The van der Waals surface area contributed by atoms with Crippen molar-refractivity contribution in [1.29, 1.82) is 0 Å². The molecule has 2 atom stereocenters. The van der Waals surface area contributed by atoms with Gasteiger partial charge in [0.2, 0.25) is 20.0 Å². The maximum absolute atomic E-state index is 13.9. The molecule has 0 saturated carbocycles. The zero-order valence-corrected chi connectivity index (χ0v) is 17.9. The quantitative estimate of drug-likeness (QED) is 0.671. The van der Waals surface area contributed by atoms with E-state index in [1.54, 1.807) is 13.8 Å². The zero-order valence-electron chi connectivity index (χ0n) is 16.3. The average molecular weight is 453 g/mol. The number of hydrazine groups is 1. The van der Waals surface area contributed by atoms with E-state index in [4.69, 9.17) is 0 Å². The molecule has 0 aromatic heterocycles. The van der Waals surface area contributed by atoms with Crippen LogP contribution in [0.15, 0.2) is 18.2 Å². The van der Waals surface area contributed by atoms with Crippen molar-refractivity contribution in [1.82, 2.24) is 19.5 Å². The lowest BCUT2D eigenvalue weighted by Crippen LogP contribution is -2.48. The number of hydrogen-bond acceptors (Lipinski definition) is 6. The number of nitrogens with zero attached hydrogens (tertiary/aromatic N) is 2. The Morgan fingerprint density at radius 1 is 0.966 bits per heavy atom. The summed E-state index contributed by atoms with van der Waals surface area (Å²) in [5, 5.41) is -0.660. The van der Waals surface area contributed by atoms with E-state index in [-0.39, 0.29) is 43.8 Å². The lowest BCUT2D eigenvalue weighted by atomic mass is 10.2. The summed E-state index contributed by atoms with van der Waals surface area (Å²) in [6.45, 7) is 3.87. The van der Waals surface area contributed by atoms with Gasteiger partial charge in [-0.25, -0.2) is 34.2 Å². The van der Waals surface area contributed by atoms with Crippen molar-refractivity contribution >= 4 is 20.0 Å². The van der Waals surface area contributed by atoms with Crippen molar-refractivity contribution in [3.63, 3.8) is 0 Å². The first-order valence-corrected chi connectivity index (χ1v) is 12.6. The molecule has 12 heteroatoms. The van der Waals surface area contributed by atoms with Crippen LogP contribution in [0, 0.1) is 11.6 Å². The van der Waals surface area contributed by atoms with E-state index >= 15 is 0 Å². The normalized spacial score (nSPS) is 27.8. The van der Waals surface area contributed by atoms with Gasteiger partial charge in [0, 0.05) is 43.8 Å². The predicted molar refractivity (Wildman–Crippen MR) is 105 cm³/mol. The van der Waals surface area contributed by atoms with Gasteiger partial charge >= 0.3 is 0 Å². The molecule has 2 fully saturated rings. The fraction of sp³-hybridized carbons (Fsp3) is 0.647. The third-order valence-electron chi connectivity index (χ3n) is 5.38. The Bertz CT molecular complexity index is 948. The van der Waals surface area contributed by atoms with Gasteiger partial charge in [-0.3, -0.25) is 10.9 Å². The molecule has 0 radical (unpaired) electrons. The standard InChI is InChI=1S/C17H26F2N4O4S2/c1-12-17(13(2)21-20-12)29(26,27)23-7-3-6-22(8-9-23)28(24,25)11-14-10-15(18)4-5-16(14)19/h4-5,10,12-13,17,20-21H,3,6-9,11H2,1-2H3. The highest BCUT2D eigenvalue weighted by Gasteiger charge is 2.44. The minimum Gasteiger partial charge on any atom is -0.253 e. The molecule has 2 heterocycles. The smallest absolute Gasteiger partial charge is 0.220 e. The van der Waals surface area contributed by atoms with Gasteiger partial charge in [-0.05, 0) is 38.5 Å². The molecule has 0 amide bonds. The second-order valence-corrected chi connectivity index (χ2v) is 11.6. The Balaban J connectivity index is 1.73. The van der Waals surface area contributed by atoms with E-state index in [1.807, 2.05) is 0 Å². The number of halogens is 2. The molecule has 1 aromatic rings. The number of nitrogens with one attached hydrogen (secondary N) is 2. The number of sulfonamides is 2. The largest absolute Gasteiger partial charge is 0.253 e. The second-order valence-electron chi connectivity index (χ2n) is 7.52. The Kier molecular flexibility index (Phi) is 6.61. The first kappa shape index (κ1) is 22.5. The van der Waals surface area contributed by atoms with Crippen molar-refractivity contribution in [3.05, 3.63) is 35.4 Å². The Morgan fingerprint density at radius 3 is 2.21 bits per heavy atom. The molecule has 2 aliphatic rings. The van der Waals surface area contributed by atoms with Gasteiger partial charge in [0.25, 0.3) is 0 Å². The lowest BCUT2D eigenvalue weighted by molar-refractivity contribution is 0.396. The summed E-state index contributed by atoms with van der Waals surface area (Å²) in [6, 6.07) is 2.12. The molecule has 2 aliphatic heterocycles. The maximum Gasteiger partial charge on any atom is 0.220 e. The predicted octanol–water partition coefficient (Wildman–Crippen LogP) is 0.386. The summed E-state index contributed by atoms with van der Waals surface area (Å²) >= 11 is 0. The Labute approximate surface area is 170 Å². The Hall–Kier alpha value is -1.18. The van der Waals surface area contributed by atoms with Crippen LogP contribution in [0.4, 0.5) is 8.78 Å². The molecule has 164 valence electrons. The Morgan fingerprint density at radius 2 is 1.55 bits per heavy atom. The van der Waals surface area contributed by atoms with Gasteiger partial charge < -0.3 is 0 Å². The van der Waals surface area contributed by atoms with Crippen LogP contribution in [0.2, 0.25) is 0 Å². The second kappa shape index (κ2) is 8.52. The molecule has 8 nitrogen and oxygen atoms in total. The van der Waals surface area contributed by atoms with E-state index in [2.05, 4.69) is 10.9 Å². The average Bonchev–Trinajstić information content (AvgIpc) is 2.84. The van der Waals surface area contributed by atoms with Crippen LogP contribution in [0.5, 0.6) is 0 Å². The molecule has 0 spiro atoms. The number of rotatable bonds is 5. The molecule has 2 saturated heterocycles. The molecule has 0 aliphatic carbocycles. The van der Waals surface area contributed by atoms with E-state index < -0.39 is 42.7 Å². The van der Waals surface area contributed by atoms with Gasteiger partial charge in [0.05, 0.1) is 5.75 Å². The summed E-state index contributed by atoms with van der Waals surface area (Å²) in [6.07, 6.45) is 0.320. The summed E-state index contributed by atoms with van der Waals surface area (Å²) < 4.78 is 81.3. The van der Waals surface area contributed by atoms with Crippen LogP contribution >= 0.6 is 0 Å². The van der Waals surface area contributed by atoms with Crippen molar-refractivity contribution in [2.24, 2.45) is 0 Å². The summed E-state index contributed by atoms with van der Waals surface area (Å²) in [7, 11) is -7.57. The molecular formula is C17H26F2N4O4S2. The minimum absolute atomic E-state index is 0.0170. The molecule has 2 N–H and O–H groups in total. The monoisotopic (exact) mass is 452 g/mol. The maximum atomic E-state index is 13.9. The van der Waals surface area contributed by atoms with Crippen LogP contribution in [-0.2, 0) is 25.8 Å². The van der Waals surface area contributed by atoms with Gasteiger partial charge in [-0.15, -0.1) is 0 Å². The van der Waals surface area contributed by atoms with Crippen LogP contribution in [-0.4, -0.2) is 69.0 Å². The van der Waals surface area contributed by atoms with Crippen molar-refractivity contribution < 1.29 is 25.6 Å². The SMILES string of the molecule is CC1NNC(C)C1S(=O)(=O)N1CCCN(S(=O)(=O)Cc2cc(F)ccc2F)CC1. The number of hydrogen-bond donors (Lipinski definition) is 2. The summed E-state index contributed by atoms with van der Waals surface area (Å²) in [5.41, 5.74) is 5.60. The third-order valence-corrected chi connectivity index (χ3v) is 9.80. The first-order valence-electron chi connectivity index (χ1n) is 9.44. The van der Waals surface area contributed by atoms with Gasteiger partial charge in [0.15, 0.2) is 0 Å². The van der Waals surface area contributed by atoms with Crippen molar-refractivity contribution in [2.45, 2.75) is 43.4 Å².